The maximum absolute atomic E-state index is 13.5. The zero-order valence-corrected chi connectivity index (χ0v) is 19.0. The molecule has 1 fully saturated rings. The number of methoxy groups -OCH3 is 1. The highest BCUT2D eigenvalue weighted by molar-refractivity contribution is 5.91. The van der Waals surface area contributed by atoms with Crippen molar-refractivity contribution in [3.8, 4) is 5.75 Å². The molecule has 35 heavy (non-hydrogen) atoms. The van der Waals surface area contributed by atoms with Crippen molar-refractivity contribution < 1.29 is 33.5 Å². The van der Waals surface area contributed by atoms with Crippen molar-refractivity contribution in [2.24, 2.45) is 0 Å². The highest BCUT2D eigenvalue weighted by atomic mass is 19.1. The van der Waals surface area contributed by atoms with E-state index in [0.717, 1.165) is 11.1 Å². The van der Waals surface area contributed by atoms with Crippen LogP contribution < -0.4 is 4.74 Å². The van der Waals surface area contributed by atoms with Crippen LogP contribution in [0.4, 0.5) is 4.39 Å². The molecular weight excluding hydrogens is 457 g/mol. The Balaban J connectivity index is 1.45. The highest BCUT2D eigenvalue weighted by Gasteiger charge is 2.35. The van der Waals surface area contributed by atoms with Crippen LogP contribution in [0.2, 0.25) is 0 Å². The first-order valence-electron chi connectivity index (χ1n) is 11.3. The minimum absolute atomic E-state index is 0.0563. The maximum Gasteiger partial charge on any atom is 0.325 e. The van der Waals surface area contributed by atoms with Crippen LogP contribution in [0.1, 0.15) is 36.1 Å². The average Bonchev–Trinajstić information content (AvgIpc) is 3.40. The second kappa shape index (κ2) is 9.03. The summed E-state index contributed by atoms with van der Waals surface area (Å²) in [7, 11) is 1.52. The molecule has 2 aromatic carbocycles. The van der Waals surface area contributed by atoms with Gasteiger partial charge in [0.15, 0.2) is 5.58 Å². The van der Waals surface area contributed by atoms with Gasteiger partial charge in [0.25, 0.3) is 0 Å². The number of benzene rings is 2. The second-order valence-corrected chi connectivity index (χ2v) is 8.75. The summed E-state index contributed by atoms with van der Waals surface area (Å²) in [5, 5.41) is 25.1. The minimum atomic E-state index is -1.02. The molecule has 2 aromatic heterocycles. The number of hydrogen-bond acceptors (Lipinski definition) is 6. The third-order valence-corrected chi connectivity index (χ3v) is 6.70. The lowest BCUT2D eigenvalue weighted by molar-refractivity contribution is -0.144. The summed E-state index contributed by atoms with van der Waals surface area (Å²) in [6, 6.07) is 8.59. The molecule has 1 saturated heterocycles. The minimum Gasteiger partial charge on any atom is -0.497 e. The number of rotatable bonds is 7. The number of hydrogen-bond donors (Lipinski definition) is 2. The zero-order valence-electron chi connectivity index (χ0n) is 19.0. The van der Waals surface area contributed by atoms with Gasteiger partial charge in [0.05, 0.1) is 12.8 Å². The fraction of sp³-hybridized carbons (Fsp3) is 0.320. The summed E-state index contributed by atoms with van der Waals surface area (Å²) in [6.07, 6.45) is 2.92. The Morgan fingerprint density at radius 1 is 1.17 bits per heavy atom. The quantitative estimate of drug-likeness (QED) is 0.406. The van der Waals surface area contributed by atoms with Crippen LogP contribution in [0.15, 0.2) is 47.1 Å². The van der Waals surface area contributed by atoms with Crippen molar-refractivity contribution in [2.45, 2.75) is 31.3 Å². The van der Waals surface area contributed by atoms with Gasteiger partial charge in [-0.15, -0.1) is 0 Å². The van der Waals surface area contributed by atoms with E-state index in [-0.39, 0.29) is 12.5 Å². The number of fused-ring (bicyclic) bond motifs is 2. The number of aliphatic carboxylic acids is 2. The van der Waals surface area contributed by atoms with Crippen molar-refractivity contribution in [2.75, 3.05) is 20.2 Å². The molecule has 3 heterocycles. The van der Waals surface area contributed by atoms with Gasteiger partial charge >= 0.3 is 11.9 Å². The van der Waals surface area contributed by atoms with Gasteiger partial charge in [-0.05, 0) is 56.3 Å². The smallest absolute Gasteiger partial charge is 0.325 e. The lowest BCUT2D eigenvalue weighted by Gasteiger charge is -2.35. The molecule has 5 rings (SSSR count). The number of piperidine rings is 1. The van der Waals surface area contributed by atoms with Gasteiger partial charge in [-0.1, -0.05) is 5.16 Å². The van der Waals surface area contributed by atoms with E-state index in [9.17, 15) is 24.2 Å². The zero-order chi connectivity index (χ0) is 24.7. The third-order valence-electron chi connectivity index (χ3n) is 6.70. The molecule has 1 aliphatic heterocycles. The van der Waals surface area contributed by atoms with E-state index in [0.29, 0.717) is 53.7 Å². The maximum atomic E-state index is 13.5. The van der Waals surface area contributed by atoms with Gasteiger partial charge < -0.3 is 24.0 Å². The van der Waals surface area contributed by atoms with Gasteiger partial charge in [-0.25, -0.2) is 4.39 Å². The van der Waals surface area contributed by atoms with E-state index in [1.165, 1.54) is 19.2 Å². The summed E-state index contributed by atoms with van der Waals surface area (Å²) in [5.74, 6) is -1.80. The molecule has 1 aliphatic rings. The van der Waals surface area contributed by atoms with Crippen LogP contribution in [0.3, 0.4) is 0 Å². The topological polar surface area (TPSA) is 118 Å². The summed E-state index contributed by atoms with van der Waals surface area (Å²) in [6.45, 7) is 0.705. The lowest BCUT2D eigenvalue weighted by Crippen LogP contribution is -2.39. The molecule has 0 bridgehead atoms. The molecular formula is C25H24FN3O6. The Hall–Kier alpha value is -3.92. The van der Waals surface area contributed by atoms with Gasteiger partial charge in [0.1, 0.15) is 24.2 Å². The second-order valence-electron chi connectivity index (χ2n) is 8.75. The van der Waals surface area contributed by atoms with Crippen molar-refractivity contribution in [1.29, 1.82) is 0 Å². The summed E-state index contributed by atoms with van der Waals surface area (Å²) in [4.78, 5) is 25.8. The Kier molecular flexibility index (Phi) is 5.89. The number of carboxylic acid groups (broad SMARTS) is 2. The first-order valence-corrected chi connectivity index (χ1v) is 11.3. The molecule has 182 valence electrons. The summed E-state index contributed by atoms with van der Waals surface area (Å²) < 4.78 is 25.7. The van der Waals surface area contributed by atoms with Crippen LogP contribution >= 0.6 is 0 Å². The highest BCUT2D eigenvalue weighted by Crippen LogP contribution is 2.38. The lowest BCUT2D eigenvalue weighted by atomic mass is 9.90. The van der Waals surface area contributed by atoms with Gasteiger partial charge in [-0.3, -0.25) is 14.5 Å². The molecule has 0 radical (unpaired) electrons. The molecule has 1 unspecified atom stereocenters. The molecule has 0 aliphatic carbocycles. The average molecular weight is 481 g/mol. The van der Waals surface area contributed by atoms with E-state index < -0.39 is 23.8 Å². The first kappa shape index (κ1) is 22.9. The van der Waals surface area contributed by atoms with E-state index in [1.807, 2.05) is 4.90 Å². The first-order chi connectivity index (χ1) is 16.9. The van der Waals surface area contributed by atoms with Gasteiger partial charge in [0.2, 0.25) is 0 Å². The Morgan fingerprint density at radius 2 is 1.94 bits per heavy atom. The van der Waals surface area contributed by atoms with Crippen LogP contribution in [-0.2, 0) is 16.1 Å². The molecule has 9 nitrogen and oxygen atoms in total. The molecule has 4 aromatic rings. The van der Waals surface area contributed by atoms with Crippen molar-refractivity contribution in [1.82, 2.24) is 14.6 Å². The number of carboxylic acids is 2. The van der Waals surface area contributed by atoms with Crippen molar-refractivity contribution >= 4 is 33.8 Å². The Bertz CT molecular complexity index is 1420. The monoisotopic (exact) mass is 481 g/mol. The van der Waals surface area contributed by atoms with Crippen molar-refractivity contribution in [3.63, 3.8) is 0 Å². The van der Waals surface area contributed by atoms with Gasteiger partial charge in [-0.2, -0.15) is 0 Å². The molecule has 10 heteroatoms. The number of carbonyl (C=O) groups is 2. The fourth-order valence-electron chi connectivity index (χ4n) is 5.07. The van der Waals surface area contributed by atoms with Crippen LogP contribution in [-0.4, -0.2) is 57.0 Å². The van der Waals surface area contributed by atoms with Crippen LogP contribution in [0.25, 0.3) is 21.9 Å². The van der Waals surface area contributed by atoms with Gasteiger partial charge in [0, 0.05) is 40.0 Å². The molecule has 0 saturated carbocycles. The number of halogens is 1. The number of likely N-dealkylation sites (tertiary alicyclic amines) is 1. The molecule has 2 N–H and O–H groups in total. The fourth-order valence-corrected chi connectivity index (χ4v) is 5.07. The SMILES string of the molecule is COc1ccc2c(c1)c(C(C(=O)O)N1CCC(c3noc4cc(F)ccc34)CC1)cn2CC(=O)O. The molecule has 0 amide bonds. The molecule has 1 atom stereocenters. The van der Waals surface area contributed by atoms with E-state index in [4.69, 9.17) is 9.26 Å². The standard InChI is InChI=1S/C25H24FN3O6/c1-34-16-3-5-20-18(11-16)19(12-29(20)13-22(30)31)24(25(32)33)28-8-6-14(7-9-28)23-17-4-2-15(26)10-21(17)35-27-23/h2-5,10-12,14,24H,6-9,13H2,1H3,(H,30,31)(H,32,33). The largest absolute Gasteiger partial charge is 0.497 e. The van der Waals surface area contributed by atoms with E-state index in [1.54, 1.807) is 35.0 Å². The van der Waals surface area contributed by atoms with Crippen LogP contribution in [0.5, 0.6) is 5.75 Å². The number of ether oxygens (including phenoxy) is 1. The number of nitrogens with zero attached hydrogens (tertiary/aromatic N) is 3. The number of aromatic nitrogens is 2. The molecule has 0 spiro atoms. The third kappa shape index (κ3) is 4.21. The normalized spacial score (nSPS) is 16.1. The summed E-state index contributed by atoms with van der Waals surface area (Å²) >= 11 is 0. The van der Waals surface area contributed by atoms with E-state index in [2.05, 4.69) is 5.16 Å². The van der Waals surface area contributed by atoms with Crippen molar-refractivity contribution in [3.05, 3.63) is 59.7 Å². The Morgan fingerprint density at radius 3 is 2.63 bits per heavy atom. The van der Waals surface area contributed by atoms with E-state index >= 15 is 0 Å². The predicted octanol–water partition coefficient (Wildman–Crippen LogP) is 4.02. The Labute approximate surface area is 199 Å². The van der Waals surface area contributed by atoms with Crippen LogP contribution in [0, 0.1) is 5.82 Å². The summed E-state index contributed by atoms with van der Waals surface area (Å²) in [5.41, 5.74) is 2.31. The predicted molar refractivity (Wildman–Crippen MR) is 124 cm³/mol.